The Morgan fingerprint density at radius 1 is 1.16 bits per heavy atom. The highest BCUT2D eigenvalue weighted by molar-refractivity contribution is 5.80. The highest BCUT2D eigenvalue weighted by Gasteiger charge is 2.28. The summed E-state index contributed by atoms with van der Waals surface area (Å²) in [6, 6.07) is 8.64. The van der Waals surface area contributed by atoms with Crippen molar-refractivity contribution in [3.8, 4) is 0 Å². The van der Waals surface area contributed by atoms with E-state index >= 15 is 0 Å². The van der Waals surface area contributed by atoms with Crippen LogP contribution in [-0.2, 0) is 9.53 Å². The Morgan fingerprint density at radius 2 is 1.80 bits per heavy atom. The zero-order chi connectivity index (χ0) is 18.2. The summed E-state index contributed by atoms with van der Waals surface area (Å²) in [6.07, 6.45) is 5.00. The predicted molar refractivity (Wildman–Crippen MR) is 96.3 cm³/mol. The molecule has 0 saturated heterocycles. The molecule has 0 bridgehead atoms. The van der Waals surface area contributed by atoms with E-state index in [0.29, 0.717) is 12.3 Å². The first-order chi connectivity index (χ1) is 12.0. The Labute approximate surface area is 149 Å². The van der Waals surface area contributed by atoms with Crippen LogP contribution in [-0.4, -0.2) is 23.2 Å². The third-order valence-electron chi connectivity index (χ3n) is 4.85. The lowest BCUT2D eigenvalue weighted by Crippen LogP contribution is -2.43. The number of hydrogen-bond donors (Lipinski definition) is 2. The van der Waals surface area contributed by atoms with Crippen molar-refractivity contribution in [2.45, 2.75) is 64.5 Å². The molecule has 1 aromatic carbocycles. The summed E-state index contributed by atoms with van der Waals surface area (Å²) >= 11 is 0. The molecule has 2 atom stereocenters. The van der Waals surface area contributed by atoms with Crippen molar-refractivity contribution < 1.29 is 19.4 Å². The van der Waals surface area contributed by atoms with Gasteiger partial charge in [0, 0.05) is 0 Å². The average Bonchev–Trinajstić information content (AvgIpc) is 2.60. The van der Waals surface area contributed by atoms with Gasteiger partial charge in [0.1, 0.15) is 12.1 Å². The van der Waals surface area contributed by atoms with Gasteiger partial charge in [0.15, 0.2) is 0 Å². The molecule has 138 valence electrons. The first kappa shape index (κ1) is 19.3. The first-order valence-corrected chi connectivity index (χ1v) is 9.22. The van der Waals surface area contributed by atoms with E-state index in [2.05, 4.69) is 5.32 Å². The van der Waals surface area contributed by atoms with Gasteiger partial charge in [-0.05, 0) is 23.8 Å². The van der Waals surface area contributed by atoms with Crippen LogP contribution in [0.25, 0.3) is 0 Å². The molecule has 5 nitrogen and oxygen atoms in total. The molecule has 1 aromatic rings. The summed E-state index contributed by atoms with van der Waals surface area (Å²) in [5.74, 6) is -0.539. The van der Waals surface area contributed by atoms with Crippen LogP contribution in [0.2, 0.25) is 0 Å². The Bertz CT molecular complexity index is 552. The number of rotatable bonds is 7. The molecule has 1 aliphatic rings. The molecule has 0 aromatic heterocycles. The normalized spacial score (nSPS) is 17.7. The quantitative estimate of drug-likeness (QED) is 0.759. The van der Waals surface area contributed by atoms with Crippen molar-refractivity contribution >= 4 is 12.1 Å². The van der Waals surface area contributed by atoms with Crippen LogP contribution in [0.5, 0.6) is 0 Å². The molecule has 1 fully saturated rings. The second-order valence-electron chi connectivity index (χ2n) is 7.26. The number of ether oxygens (including phenoxy) is 1. The molecule has 0 heterocycles. The molecular formula is C20H29NO4. The van der Waals surface area contributed by atoms with Crippen LogP contribution >= 0.6 is 0 Å². The van der Waals surface area contributed by atoms with Gasteiger partial charge in [-0.1, -0.05) is 76.3 Å². The summed E-state index contributed by atoms with van der Waals surface area (Å²) in [4.78, 5) is 23.8. The van der Waals surface area contributed by atoms with Gasteiger partial charge in [0.2, 0.25) is 0 Å². The first-order valence-electron chi connectivity index (χ1n) is 9.22. The van der Waals surface area contributed by atoms with E-state index in [4.69, 9.17) is 4.74 Å². The highest BCUT2D eigenvalue weighted by Crippen LogP contribution is 2.28. The molecule has 2 rings (SSSR count). The lowest BCUT2D eigenvalue weighted by atomic mass is 9.85. The number of amides is 1. The van der Waals surface area contributed by atoms with Gasteiger partial charge in [-0.25, -0.2) is 9.59 Å². The monoisotopic (exact) mass is 347 g/mol. The molecule has 1 aliphatic carbocycles. The number of hydrogen-bond acceptors (Lipinski definition) is 3. The van der Waals surface area contributed by atoms with Gasteiger partial charge in [-0.3, -0.25) is 0 Å². The molecular weight excluding hydrogens is 318 g/mol. The largest absolute Gasteiger partial charge is 0.480 e. The van der Waals surface area contributed by atoms with Crippen LogP contribution in [0.15, 0.2) is 30.3 Å². The van der Waals surface area contributed by atoms with Gasteiger partial charge in [-0.2, -0.15) is 0 Å². The highest BCUT2D eigenvalue weighted by atomic mass is 16.6. The SMILES string of the molecule is CC(C)C(OC(=O)N[C@@H](CC1CCCCC1)C(=O)O)c1ccccc1. The third-order valence-corrected chi connectivity index (χ3v) is 4.85. The van der Waals surface area contributed by atoms with Gasteiger partial charge in [0.05, 0.1) is 0 Å². The zero-order valence-corrected chi connectivity index (χ0v) is 15.1. The average molecular weight is 347 g/mol. The van der Waals surface area contributed by atoms with Crippen molar-refractivity contribution in [3.63, 3.8) is 0 Å². The number of carboxylic acids is 1. The third kappa shape index (κ3) is 6.07. The van der Waals surface area contributed by atoms with Crippen LogP contribution in [0.4, 0.5) is 4.79 Å². The summed E-state index contributed by atoms with van der Waals surface area (Å²) < 4.78 is 5.55. The Morgan fingerprint density at radius 3 is 2.36 bits per heavy atom. The predicted octanol–water partition coefficient (Wildman–Crippen LogP) is 4.53. The molecule has 1 unspecified atom stereocenters. The minimum atomic E-state index is -0.997. The summed E-state index contributed by atoms with van der Waals surface area (Å²) in [7, 11) is 0. The van der Waals surface area contributed by atoms with E-state index in [-0.39, 0.29) is 5.92 Å². The smallest absolute Gasteiger partial charge is 0.408 e. The van der Waals surface area contributed by atoms with Crippen LogP contribution in [0.1, 0.15) is 64.0 Å². The Balaban J connectivity index is 1.95. The van der Waals surface area contributed by atoms with Crippen molar-refractivity contribution in [3.05, 3.63) is 35.9 Å². The Hall–Kier alpha value is -2.04. The van der Waals surface area contributed by atoms with Crippen LogP contribution < -0.4 is 5.32 Å². The molecule has 0 aliphatic heterocycles. The van der Waals surface area contributed by atoms with Gasteiger partial charge >= 0.3 is 12.1 Å². The molecule has 1 amide bonds. The van der Waals surface area contributed by atoms with Crippen molar-refractivity contribution in [1.82, 2.24) is 5.32 Å². The number of carboxylic acid groups (broad SMARTS) is 1. The van der Waals surface area contributed by atoms with Crippen molar-refractivity contribution in [2.75, 3.05) is 0 Å². The molecule has 0 spiro atoms. The fourth-order valence-electron chi connectivity index (χ4n) is 3.50. The molecule has 1 saturated carbocycles. The number of nitrogens with one attached hydrogen (secondary N) is 1. The number of benzene rings is 1. The van der Waals surface area contributed by atoms with Gasteiger partial charge in [0.25, 0.3) is 0 Å². The molecule has 25 heavy (non-hydrogen) atoms. The molecule has 2 N–H and O–H groups in total. The zero-order valence-electron chi connectivity index (χ0n) is 15.1. The fourth-order valence-corrected chi connectivity index (χ4v) is 3.50. The van der Waals surface area contributed by atoms with Crippen LogP contribution in [0.3, 0.4) is 0 Å². The second kappa shape index (κ2) is 9.44. The Kier molecular flexibility index (Phi) is 7.29. The molecule has 5 heteroatoms. The maximum Gasteiger partial charge on any atom is 0.408 e. The summed E-state index contributed by atoms with van der Waals surface area (Å²) in [5.41, 5.74) is 0.909. The lowest BCUT2D eigenvalue weighted by molar-refractivity contribution is -0.140. The van der Waals surface area contributed by atoms with E-state index in [1.54, 1.807) is 0 Å². The maximum absolute atomic E-state index is 12.3. The summed E-state index contributed by atoms with van der Waals surface area (Å²) in [6.45, 7) is 3.95. The minimum absolute atomic E-state index is 0.0924. The van der Waals surface area contributed by atoms with Crippen LogP contribution in [0, 0.1) is 11.8 Å². The topological polar surface area (TPSA) is 75.6 Å². The van der Waals surface area contributed by atoms with E-state index in [1.165, 1.54) is 6.42 Å². The van der Waals surface area contributed by atoms with E-state index in [9.17, 15) is 14.7 Å². The van der Waals surface area contributed by atoms with E-state index in [1.807, 2.05) is 44.2 Å². The number of carbonyl (C=O) groups excluding carboxylic acids is 1. The number of alkyl carbamates (subject to hydrolysis) is 1. The van der Waals surface area contributed by atoms with Crippen molar-refractivity contribution in [1.29, 1.82) is 0 Å². The van der Waals surface area contributed by atoms with E-state index in [0.717, 1.165) is 31.2 Å². The number of aliphatic carboxylic acids is 1. The second-order valence-corrected chi connectivity index (χ2v) is 7.26. The van der Waals surface area contributed by atoms with Gasteiger partial charge in [-0.15, -0.1) is 0 Å². The minimum Gasteiger partial charge on any atom is -0.480 e. The van der Waals surface area contributed by atoms with Gasteiger partial charge < -0.3 is 15.2 Å². The fraction of sp³-hybridized carbons (Fsp3) is 0.600. The number of carbonyl (C=O) groups is 2. The summed E-state index contributed by atoms with van der Waals surface area (Å²) in [5, 5.41) is 12.0. The molecule has 0 radical (unpaired) electrons. The lowest BCUT2D eigenvalue weighted by Gasteiger charge is -2.26. The standard InChI is InChI=1S/C20H29NO4/c1-14(2)18(16-11-7-4-8-12-16)25-20(24)21-17(19(22)23)13-15-9-5-3-6-10-15/h4,7-8,11-12,14-15,17-18H,3,5-6,9-10,13H2,1-2H3,(H,21,24)(H,22,23)/t17-,18?/m0/s1. The van der Waals surface area contributed by atoms with E-state index < -0.39 is 24.2 Å². The van der Waals surface area contributed by atoms with Crippen molar-refractivity contribution in [2.24, 2.45) is 11.8 Å². The maximum atomic E-state index is 12.3.